The summed E-state index contributed by atoms with van der Waals surface area (Å²) in [6, 6.07) is 9.79. The molecule has 0 spiro atoms. The van der Waals surface area contributed by atoms with E-state index >= 15 is 0 Å². The highest BCUT2D eigenvalue weighted by Gasteiger charge is 1.99. The van der Waals surface area contributed by atoms with Gasteiger partial charge in [0.2, 0.25) is 0 Å². The lowest BCUT2D eigenvalue weighted by Crippen LogP contribution is -1.87. The molecule has 1 aromatic carbocycles. The quantitative estimate of drug-likeness (QED) is 0.637. The summed E-state index contributed by atoms with van der Waals surface area (Å²) in [6.07, 6.45) is 0. The number of rotatable bonds is 3. The van der Waals surface area contributed by atoms with Gasteiger partial charge in [-0.15, -0.1) is 11.8 Å². The van der Waals surface area contributed by atoms with Gasteiger partial charge in [-0.3, -0.25) is 0 Å². The summed E-state index contributed by atoms with van der Waals surface area (Å²) in [5, 5.41) is 0. The lowest BCUT2D eigenvalue weighted by molar-refractivity contribution is 0.860. The molecule has 0 atom stereocenters. The Morgan fingerprint density at radius 3 is 2.75 bits per heavy atom. The van der Waals surface area contributed by atoms with Gasteiger partial charge in [0, 0.05) is 11.0 Å². The molecule has 1 heteroatoms. The summed E-state index contributed by atoms with van der Waals surface area (Å²) in [7, 11) is 0. The van der Waals surface area contributed by atoms with Gasteiger partial charge in [0.25, 0.3) is 0 Å². The van der Waals surface area contributed by atoms with E-state index in [1.807, 2.05) is 11.8 Å². The second-order valence-electron chi connectivity index (χ2n) is 3.06. The van der Waals surface area contributed by atoms with E-state index in [1.54, 1.807) is 0 Å². The Morgan fingerprint density at radius 1 is 1.42 bits per heavy atom. The summed E-state index contributed by atoms with van der Waals surface area (Å²) < 4.78 is 0. The Labute approximate surface area is 79.4 Å². The van der Waals surface area contributed by atoms with E-state index in [4.69, 9.17) is 0 Å². The zero-order chi connectivity index (χ0) is 8.97. The Morgan fingerprint density at radius 2 is 2.17 bits per heavy atom. The molecule has 0 aliphatic rings. The molecule has 0 heterocycles. The molecule has 0 unspecified atom stereocenters. The maximum absolute atomic E-state index is 3.41. The van der Waals surface area contributed by atoms with E-state index in [9.17, 15) is 0 Å². The van der Waals surface area contributed by atoms with Gasteiger partial charge in [0.1, 0.15) is 0 Å². The molecule has 65 valence electrons. The fourth-order valence-corrected chi connectivity index (χ4v) is 1.72. The fraction of sp³-hybridized carbons (Fsp3) is 0.455. The SMILES string of the molecule is CCSc1[c]c(C(C)C)ccc1. The van der Waals surface area contributed by atoms with Crippen LogP contribution in [0.2, 0.25) is 0 Å². The Bertz CT molecular complexity index is 241. The first kappa shape index (κ1) is 9.66. The molecule has 0 N–H and O–H groups in total. The second kappa shape index (κ2) is 4.56. The lowest BCUT2D eigenvalue weighted by Gasteiger charge is -2.05. The molecular weight excluding hydrogens is 164 g/mol. The monoisotopic (exact) mass is 179 g/mol. The van der Waals surface area contributed by atoms with E-state index < -0.39 is 0 Å². The maximum atomic E-state index is 3.41. The van der Waals surface area contributed by atoms with Crippen LogP contribution in [0.1, 0.15) is 32.3 Å². The van der Waals surface area contributed by atoms with Crippen molar-refractivity contribution in [1.82, 2.24) is 0 Å². The first-order chi connectivity index (χ1) is 5.74. The van der Waals surface area contributed by atoms with Crippen LogP contribution in [0.4, 0.5) is 0 Å². The molecule has 0 fully saturated rings. The highest BCUT2D eigenvalue weighted by Crippen LogP contribution is 2.21. The van der Waals surface area contributed by atoms with Crippen molar-refractivity contribution in [3.63, 3.8) is 0 Å². The molecule has 0 bridgehead atoms. The molecule has 1 rings (SSSR count). The van der Waals surface area contributed by atoms with E-state index in [2.05, 4.69) is 45.0 Å². The average molecular weight is 179 g/mol. The molecule has 12 heavy (non-hydrogen) atoms. The smallest absolute Gasteiger partial charge is 0.0154 e. The molecule has 0 aliphatic heterocycles. The van der Waals surface area contributed by atoms with Crippen LogP contribution in [0.5, 0.6) is 0 Å². The number of hydrogen-bond donors (Lipinski definition) is 0. The minimum absolute atomic E-state index is 0.586. The molecule has 1 aromatic rings. The highest BCUT2D eigenvalue weighted by molar-refractivity contribution is 7.99. The second-order valence-corrected chi connectivity index (χ2v) is 4.36. The van der Waals surface area contributed by atoms with Gasteiger partial charge < -0.3 is 0 Å². The molecular formula is C11H15S. The van der Waals surface area contributed by atoms with Crippen molar-refractivity contribution in [3.8, 4) is 0 Å². The molecule has 0 aromatic heterocycles. The van der Waals surface area contributed by atoms with Gasteiger partial charge in [0.05, 0.1) is 0 Å². The van der Waals surface area contributed by atoms with Crippen molar-refractivity contribution >= 4 is 11.8 Å². The van der Waals surface area contributed by atoms with Crippen LogP contribution < -0.4 is 0 Å². The fourth-order valence-electron chi connectivity index (χ4n) is 1.04. The lowest BCUT2D eigenvalue weighted by atomic mass is 10.0. The average Bonchev–Trinajstić information content (AvgIpc) is 2.05. The molecule has 0 saturated carbocycles. The van der Waals surface area contributed by atoms with Crippen molar-refractivity contribution in [2.75, 3.05) is 5.75 Å². The third-order valence-corrected chi connectivity index (χ3v) is 2.55. The van der Waals surface area contributed by atoms with Gasteiger partial charge >= 0.3 is 0 Å². The standard InChI is InChI=1S/C11H15S/c1-4-12-11-7-5-6-10(8-11)9(2)3/h5-7,9H,4H2,1-3H3. The van der Waals surface area contributed by atoms with Crippen molar-refractivity contribution in [1.29, 1.82) is 0 Å². The molecule has 0 amide bonds. The van der Waals surface area contributed by atoms with Gasteiger partial charge in [-0.1, -0.05) is 32.9 Å². The summed E-state index contributed by atoms with van der Waals surface area (Å²) in [5.74, 6) is 1.71. The minimum atomic E-state index is 0.586. The van der Waals surface area contributed by atoms with Crippen molar-refractivity contribution < 1.29 is 0 Å². The van der Waals surface area contributed by atoms with Crippen LogP contribution in [0.3, 0.4) is 0 Å². The van der Waals surface area contributed by atoms with Crippen LogP contribution in [-0.4, -0.2) is 5.75 Å². The number of benzene rings is 1. The number of hydrogen-bond acceptors (Lipinski definition) is 1. The van der Waals surface area contributed by atoms with Crippen molar-refractivity contribution in [2.45, 2.75) is 31.6 Å². The highest BCUT2D eigenvalue weighted by atomic mass is 32.2. The maximum Gasteiger partial charge on any atom is 0.0154 e. The zero-order valence-corrected chi connectivity index (χ0v) is 8.74. The normalized spacial score (nSPS) is 10.7. The first-order valence-electron chi connectivity index (χ1n) is 4.39. The van der Waals surface area contributed by atoms with Crippen LogP contribution in [0, 0.1) is 6.07 Å². The Hall–Kier alpha value is -0.430. The Kier molecular flexibility index (Phi) is 3.67. The van der Waals surface area contributed by atoms with Crippen LogP contribution in [0.25, 0.3) is 0 Å². The predicted octanol–water partition coefficient (Wildman–Crippen LogP) is 3.72. The van der Waals surface area contributed by atoms with Crippen LogP contribution in [0.15, 0.2) is 23.1 Å². The summed E-state index contributed by atoms with van der Waals surface area (Å²) in [4.78, 5) is 1.27. The van der Waals surface area contributed by atoms with Gasteiger partial charge in [-0.25, -0.2) is 0 Å². The zero-order valence-electron chi connectivity index (χ0n) is 7.92. The summed E-state index contributed by atoms with van der Waals surface area (Å²) in [6.45, 7) is 6.57. The molecule has 0 nitrogen and oxygen atoms in total. The van der Waals surface area contributed by atoms with Gasteiger partial charge in [-0.05, 0) is 23.3 Å². The Balaban J connectivity index is 2.81. The van der Waals surface area contributed by atoms with E-state index in [1.165, 1.54) is 10.5 Å². The first-order valence-corrected chi connectivity index (χ1v) is 5.37. The number of thioether (sulfide) groups is 1. The molecule has 0 aliphatic carbocycles. The van der Waals surface area contributed by atoms with E-state index in [-0.39, 0.29) is 0 Å². The largest absolute Gasteiger partial charge is 0.126 e. The predicted molar refractivity (Wildman–Crippen MR) is 55.8 cm³/mol. The van der Waals surface area contributed by atoms with Crippen molar-refractivity contribution in [3.05, 3.63) is 29.8 Å². The van der Waals surface area contributed by atoms with Crippen LogP contribution >= 0.6 is 11.8 Å². The van der Waals surface area contributed by atoms with Crippen LogP contribution in [-0.2, 0) is 0 Å². The minimum Gasteiger partial charge on any atom is -0.126 e. The van der Waals surface area contributed by atoms with Gasteiger partial charge in [0.15, 0.2) is 0 Å². The topological polar surface area (TPSA) is 0 Å². The summed E-state index contributed by atoms with van der Waals surface area (Å²) in [5.41, 5.74) is 1.31. The molecule has 0 saturated heterocycles. The third-order valence-electron chi connectivity index (χ3n) is 1.71. The molecule has 1 radical (unpaired) electrons. The van der Waals surface area contributed by atoms with Crippen molar-refractivity contribution in [2.24, 2.45) is 0 Å². The van der Waals surface area contributed by atoms with E-state index in [0.717, 1.165) is 5.75 Å². The van der Waals surface area contributed by atoms with E-state index in [0.29, 0.717) is 5.92 Å². The van der Waals surface area contributed by atoms with Gasteiger partial charge in [-0.2, -0.15) is 0 Å². The third kappa shape index (κ3) is 2.56. The summed E-state index contributed by atoms with van der Waals surface area (Å²) >= 11 is 1.85.